The van der Waals surface area contributed by atoms with Crippen molar-refractivity contribution in [2.45, 2.75) is 19.3 Å². The van der Waals surface area contributed by atoms with Crippen LogP contribution in [-0.2, 0) is 4.79 Å². The van der Waals surface area contributed by atoms with Gasteiger partial charge in [-0.2, -0.15) is 0 Å². The standard InChI is InChI=1S/C14H19FN2O2/c1-16-9-14(6-3-7-14)13(18)17-11-8-10(15)4-5-12(11)19-2/h4-5,8,16H,3,6-7,9H2,1-2H3,(H,17,18). The van der Waals surface area contributed by atoms with Crippen molar-refractivity contribution in [1.82, 2.24) is 5.32 Å². The summed E-state index contributed by atoms with van der Waals surface area (Å²) in [7, 11) is 3.33. The molecular weight excluding hydrogens is 247 g/mol. The molecule has 19 heavy (non-hydrogen) atoms. The third-order valence-corrected chi connectivity index (χ3v) is 3.72. The molecule has 0 bridgehead atoms. The van der Waals surface area contributed by atoms with Crippen molar-refractivity contribution in [1.29, 1.82) is 0 Å². The predicted octanol–water partition coefficient (Wildman–Crippen LogP) is 2.16. The minimum atomic E-state index is -0.396. The van der Waals surface area contributed by atoms with E-state index in [-0.39, 0.29) is 11.3 Å². The fourth-order valence-corrected chi connectivity index (χ4v) is 2.46. The van der Waals surface area contributed by atoms with E-state index in [0.717, 1.165) is 19.3 Å². The van der Waals surface area contributed by atoms with Gasteiger partial charge in [0.05, 0.1) is 18.2 Å². The summed E-state index contributed by atoms with van der Waals surface area (Å²) in [6, 6.07) is 4.10. The Bertz CT molecular complexity index is 473. The van der Waals surface area contributed by atoms with Crippen molar-refractivity contribution >= 4 is 11.6 Å². The van der Waals surface area contributed by atoms with Gasteiger partial charge in [-0.25, -0.2) is 4.39 Å². The number of anilines is 1. The second-order valence-corrected chi connectivity index (χ2v) is 4.96. The van der Waals surface area contributed by atoms with Gasteiger partial charge in [-0.05, 0) is 32.0 Å². The molecule has 0 aromatic heterocycles. The van der Waals surface area contributed by atoms with Gasteiger partial charge in [-0.15, -0.1) is 0 Å². The van der Waals surface area contributed by atoms with Gasteiger partial charge in [0.2, 0.25) is 5.91 Å². The van der Waals surface area contributed by atoms with Crippen molar-refractivity contribution < 1.29 is 13.9 Å². The Hall–Kier alpha value is -1.62. The summed E-state index contributed by atoms with van der Waals surface area (Å²) in [5, 5.41) is 5.84. The minimum Gasteiger partial charge on any atom is -0.495 e. The van der Waals surface area contributed by atoms with Crippen LogP contribution in [0.5, 0.6) is 5.75 Å². The summed E-state index contributed by atoms with van der Waals surface area (Å²) in [5.41, 5.74) is 0.0152. The molecule has 0 radical (unpaired) electrons. The molecule has 0 heterocycles. The number of halogens is 1. The molecule has 1 aromatic rings. The number of hydrogen-bond acceptors (Lipinski definition) is 3. The number of rotatable bonds is 5. The zero-order valence-corrected chi connectivity index (χ0v) is 11.3. The molecule has 1 fully saturated rings. The minimum absolute atomic E-state index is 0.0722. The Morgan fingerprint density at radius 1 is 1.47 bits per heavy atom. The Kier molecular flexibility index (Phi) is 4.04. The molecule has 5 heteroatoms. The fourth-order valence-electron chi connectivity index (χ4n) is 2.46. The number of benzene rings is 1. The highest BCUT2D eigenvalue weighted by Gasteiger charge is 2.43. The van der Waals surface area contributed by atoms with E-state index >= 15 is 0 Å². The number of hydrogen-bond donors (Lipinski definition) is 2. The smallest absolute Gasteiger partial charge is 0.231 e. The van der Waals surface area contributed by atoms with Gasteiger partial charge >= 0.3 is 0 Å². The van der Waals surface area contributed by atoms with Crippen LogP contribution in [0.1, 0.15) is 19.3 Å². The third kappa shape index (κ3) is 2.71. The summed E-state index contributed by atoms with van der Waals surface area (Å²) in [4.78, 5) is 12.4. The second kappa shape index (κ2) is 5.57. The quantitative estimate of drug-likeness (QED) is 0.858. The molecule has 1 aromatic carbocycles. The van der Waals surface area contributed by atoms with E-state index in [0.29, 0.717) is 18.0 Å². The average molecular weight is 266 g/mol. The van der Waals surface area contributed by atoms with Crippen LogP contribution in [0.15, 0.2) is 18.2 Å². The van der Waals surface area contributed by atoms with Crippen LogP contribution in [0.25, 0.3) is 0 Å². The maximum Gasteiger partial charge on any atom is 0.231 e. The summed E-state index contributed by atoms with van der Waals surface area (Å²) in [6.45, 7) is 0.635. The lowest BCUT2D eigenvalue weighted by Gasteiger charge is -2.40. The maximum absolute atomic E-state index is 13.3. The Labute approximate surface area is 112 Å². The lowest BCUT2D eigenvalue weighted by Crippen LogP contribution is -2.48. The van der Waals surface area contributed by atoms with Gasteiger partial charge in [-0.3, -0.25) is 4.79 Å². The molecule has 104 valence electrons. The molecule has 0 saturated heterocycles. The van der Waals surface area contributed by atoms with Crippen LogP contribution in [0.2, 0.25) is 0 Å². The first-order valence-corrected chi connectivity index (χ1v) is 6.41. The van der Waals surface area contributed by atoms with Gasteiger partial charge in [0, 0.05) is 12.6 Å². The molecule has 1 saturated carbocycles. The maximum atomic E-state index is 13.3. The molecule has 2 rings (SSSR count). The number of nitrogens with one attached hydrogen (secondary N) is 2. The number of ether oxygens (including phenoxy) is 1. The summed E-state index contributed by atoms with van der Waals surface area (Å²) < 4.78 is 18.4. The van der Waals surface area contributed by atoms with Crippen molar-refractivity contribution in [2.24, 2.45) is 5.41 Å². The van der Waals surface area contributed by atoms with Crippen molar-refractivity contribution in [3.63, 3.8) is 0 Å². The molecule has 0 spiro atoms. The zero-order valence-electron chi connectivity index (χ0n) is 11.3. The van der Waals surface area contributed by atoms with Crippen LogP contribution < -0.4 is 15.4 Å². The van der Waals surface area contributed by atoms with Crippen molar-refractivity contribution in [3.8, 4) is 5.75 Å². The van der Waals surface area contributed by atoms with Crippen molar-refractivity contribution in [3.05, 3.63) is 24.0 Å². The van der Waals surface area contributed by atoms with E-state index < -0.39 is 5.82 Å². The molecule has 0 unspecified atom stereocenters. The van der Waals surface area contributed by atoms with Gasteiger partial charge in [-0.1, -0.05) is 6.42 Å². The average Bonchev–Trinajstić information content (AvgIpc) is 2.34. The number of carbonyl (C=O) groups is 1. The number of carbonyl (C=O) groups excluding carboxylic acids is 1. The van der Waals surface area contributed by atoms with Gasteiger partial charge < -0.3 is 15.4 Å². The SMILES string of the molecule is CNCC1(C(=O)Nc2cc(F)ccc2OC)CCC1. The molecule has 1 aliphatic rings. The largest absolute Gasteiger partial charge is 0.495 e. The fraction of sp³-hybridized carbons (Fsp3) is 0.500. The molecule has 2 N–H and O–H groups in total. The monoisotopic (exact) mass is 266 g/mol. The third-order valence-electron chi connectivity index (χ3n) is 3.72. The first kappa shape index (κ1) is 13.8. The van der Waals surface area contributed by atoms with E-state index in [1.54, 1.807) is 0 Å². The van der Waals surface area contributed by atoms with E-state index in [2.05, 4.69) is 10.6 Å². The van der Waals surface area contributed by atoms with E-state index in [4.69, 9.17) is 4.74 Å². The second-order valence-electron chi connectivity index (χ2n) is 4.96. The van der Waals surface area contributed by atoms with Gasteiger partial charge in [0.1, 0.15) is 11.6 Å². The summed E-state index contributed by atoms with van der Waals surface area (Å²) in [6.07, 6.45) is 2.77. The lowest BCUT2D eigenvalue weighted by molar-refractivity contribution is -0.129. The molecule has 1 aliphatic carbocycles. The van der Waals surface area contributed by atoms with Crippen LogP contribution >= 0.6 is 0 Å². The molecule has 0 aliphatic heterocycles. The predicted molar refractivity (Wildman–Crippen MR) is 71.8 cm³/mol. The van der Waals surface area contributed by atoms with E-state index in [9.17, 15) is 9.18 Å². The molecule has 0 atom stereocenters. The molecular formula is C14H19FN2O2. The number of methoxy groups -OCH3 is 1. The highest BCUT2D eigenvalue weighted by molar-refractivity contribution is 5.97. The Morgan fingerprint density at radius 3 is 2.74 bits per heavy atom. The number of amides is 1. The molecule has 4 nitrogen and oxygen atoms in total. The van der Waals surface area contributed by atoms with Crippen LogP contribution in [0, 0.1) is 11.2 Å². The lowest BCUT2D eigenvalue weighted by atomic mass is 9.68. The topological polar surface area (TPSA) is 50.4 Å². The summed E-state index contributed by atoms with van der Waals surface area (Å²) in [5.74, 6) is -0.00180. The first-order chi connectivity index (χ1) is 9.11. The van der Waals surface area contributed by atoms with Gasteiger partial charge in [0.15, 0.2) is 0 Å². The van der Waals surface area contributed by atoms with Crippen LogP contribution in [0.3, 0.4) is 0 Å². The van der Waals surface area contributed by atoms with Gasteiger partial charge in [0.25, 0.3) is 0 Å². The highest BCUT2D eigenvalue weighted by Crippen LogP contribution is 2.41. The summed E-state index contributed by atoms with van der Waals surface area (Å²) >= 11 is 0. The Balaban J connectivity index is 2.16. The van der Waals surface area contributed by atoms with Crippen molar-refractivity contribution in [2.75, 3.05) is 26.0 Å². The highest BCUT2D eigenvalue weighted by atomic mass is 19.1. The van der Waals surface area contributed by atoms with Crippen LogP contribution in [-0.4, -0.2) is 26.6 Å². The van der Waals surface area contributed by atoms with E-state index in [1.807, 2.05) is 7.05 Å². The normalized spacial score (nSPS) is 16.6. The first-order valence-electron chi connectivity index (χ1n) is 6.41. The van der Waals surface area contributed by atoms with E-state index in [1.165, 1.54) is 25.3 Å². The molecule has 1 amide bonds. The van der Waals surface area contributed by atoms with Crippen LogP contribution in [0.4, 0.5) is 10.1 Å². The Morgan fingerprint density at radius 2 is 2.21 bits per heavy atom. The zero-order chi connectivity index (χ0) is 13.9.